The van der Waals surface area contributed by atoms with Gasteiger partial charge in [0.2, 0.25) is 0 Å². The van der Waals surface area contributed by atoms with E-state index in [0.29, 0.717) is 15.1 Å². The second kappa shape index (κ2) is 6.48. The van der Waals surface area contributed by atoms with Crippen molar-refractivity contribution in [3.63, 3.8) is 0 Å². The molecule has 0 atom stereocenters. The molecule has 1 rings (SSSR count). The molecule has 1 aromatic carbocycles. The maximum atomic E-state index is 13.5. The fraction of sp³-hybridized carbons (Fsp3) is 0.400. The number of rotatable bonds is 5. The van der Waals surface area contributed by atoms with Crippen LogP contribution in [-0.2, 0) is 9.47 Å². The summed E-state index contributed by atoms with van der Waals surface area (Å²) in [6.07, 6.45) is -0.312. The molecular formula is C10H12BrFO2S. The highest BCUT2D eigenvalue weighted by Crippen LogP contribution is 2.27. The third-order valence-electron chi connectivity index (χ3n) is 1.82. The molecule has 0 aromatic heterocycles. The number of ether oxygens (including phenoxy) is 2. The molecule has 2 nitrogen and oxygen atoms in total. The lowest BCUT2D eigenvalue weighted by atomic mass is 10.3. The zero-order valence-electron chi connectivity index (χ0n) is 8.50. The second-order valence-electron chi connectivity index (χ2n) is 2.76. The van der Waals surface area contributed by atoms with Gasteiger partial charge in [0.05, 0.1) is 4.47 Å². The Bertz CT molecular complexity index is 318. The molecule has 0 aliphatic heterocycles. The number of methoxy groups -OCH3 is 2. The van der Waals surface area contributed by atoms with Crippen LogP contribution in [0.2, 0.25) is 0 Å². The lowest BCUT2D eigenvalue weighted by Crippen LogP contribution is -2.15. The molecule has 0 aliphatic rings. The molecule has 0 radical (unpaired) electrons. The zero-order chi connectivity index (χ0) is 11.3. The van der Waals surface area contributed by atoms with Crippen LogP contribution in [0.5, 0.6) is 0 Å². The standard InChI is InChI=1S/C10H12BrFO2S/c1-13-9(14-2)6-15-8-5-3-4-7(11)10(8)12/h3-5,9H,6H2,1-2H3. The van der Waals surface area contributed by atoms with Gasteiger partial charge >= 0.3 is 0 Å². The van der Waals surface area contributed by atoms with E-state index in [4.69, 9.17) is 9.47 Å². The highest BCUT2D eigenvalue weighted by molar-refractivity contribution is 9.10. The predicted octanol–water partition coefficient (Wildman–Crippen LogP) is 3.30. The molecule has 0 fully saturated rings. The maximum Gasteiger partial charge on any atom is 0.166 e. The van der Waals surface area contributed by atoms with Crippen LogP contribution in [0.15, 0.2) is 27.6 Å². The minimum absolute atomic E-state index is 0.242. The van der Waals surface area contributed by atoms with Crippen molar-refractivity contribution in [3.05, 3.63) is 28.5 Å². The molecule has 0 N–H and O–H groups in total. The Morgan fingerprint density at radius 1 is 1.40 bits per heavy atom. The van der Waals surface area contributed by atoms with Gasteiger partial charge < -0.3 is 9.47 Å². The molecule has 0 bridgehead atoms. The van der Waals surface area contributed by atoms with Gasteiger partial charge in [-0.15, -0.1) is 11.8 Å². The van der Waals surface area contributed by atoms with E-state index >= 15 is 0 Å². The van der Waals surface area contributed by atoms with Gasteiger partial charge in [-0.1, -0.05) is 6.07 Å². The number of hydrogen-bond donors (Lipinski definition) is 0. The first kappa shape index (κ1) is 13.0. The van der Waals surface area contributed by atoms with Crippen molar-refractivity contribution in [1.82, 2.24) is 0 Å². The van der Waals surface area contributed by atoms with E-state index in [2.05, 4.69) is 15.9 Å². The van der Waals surface area contributed by atoms with E-state index in [0.717, 1.165) is 0 Å². The van der Waals surface area contributed by atoms with Crippen molar-refractivity contribution < 1.29 is 13.9 Å². The molecular weight excluding hydrogens is 283 g/mol. The van der Waals surface area contributed by atoms with E-state index in [1.807, 2.05) is 0 Å². The summed E-state index contributed by atoms with van der Waals surface area (Å²) >= 11 is 4.50. The average molecular weight is 295 g/mol. The molecule has 0 aliphatic carbocycles. The van der Waals surface area contributed by atoms with Gasteiger partial charge in [-0.05, 0) is 28.1 Å². The fourth-order valence-corrected chi connectivity index (χ4v) is 2.48. The van der Waals surface area contributed by atoms with Crippen molar-refractivity contribution in [2.45, 2.75) is 11.2 Å². The summed E-state index contributed by atoms with van der Waals surface area (Å²) in [5, 5.41) is 0. The topological polar surface area (TPSA) is 18.5 Å². The molecule has 84 valence electrons. The molecule has 0 unspecified atom stereocenters. The van der Waals surface area contributed by atoms with Gasteiger partial charge in [-0.2, -0.15) is 0 Å². The summed E-state index contributed by atoms with van der Waals surface area (Å²) in [6.45, 7) is 0. The Kier molecular flexibility index (Phi) is 5.60. The van der Waals surface area contributed by atoms with Crippen LogP contribution in [-0.4, -0.2) is 26.3 Å². The molecule has 0 spiro atoms. The monoisotopic (exact) mass is 294 g/mol. The number of benzene rings is 1. The molecule has 5 heteroatoms. The molecule has 0 heterocycles. The van der Waals surface area contributed by atoms with Crippen LogP contribution in [0, 0.1) is 5.82 Å². The van der Waals surface area contributed by atoms with Gasteiger partial charge in [0.1, 0.15) is 0 Å². The van der Waals surface area contributed by atoms with Gasteiger partial charge in [0, 0.05) is 24.9 Å². The first-order valence-electron chi connectivity index (χ1n) is 4.31. The van der Waals surface area contributed by atoms with E-state index < -0.39 is 0 Å². The van der Waals surface area contributed by atoms with Crippen LogP contribution < -0.4 is 0 Å². The number of hydrogen-bond acceptors (Lipinski definition) is 3. The second-order valence-corrected chi connectivity index (χ2v) is 4.68. The van der Waals surface area contributed by atoms with Crippen LogP contribution in [0.1, 0.15) is 0 Å². The molecule has 0 saturated carbocycles. The van der Waals surface area contributed by atoms with E-state index in [-0.39, 0.29) is 12.1 Å². The van der Waals surface area contributed by atoms with Gasteiger partial charge in [0.15, 0.2) is 12.1 Å². The Morgan fingerprint density at radius 3 is 2.67 bits per heavy atom. The molecule has 15 heavy (non-hydrogen) atoms. The first-order chi connectivity index (χ1) is 7.19. The van der Waals surface area contributed by atoms with Crippen LogP contribution in [0.4, 0.5) is 4.39 Å². The normalized spacial score (nSPS) is 11.0. The summed E-state index contributed by atoms with van der Waals surface area (Å²) in [5.74, 6) is 0.314. The van der Waals surface area contributed by atoms with Crippen LogP contribution in [0.25, 0.3) is 0 Å². The molecule has 0 amide bonds. The Hall–Kier alpha value is -0.100. The molecule has 0 saturated heterocycles. The average Bonchev–Trinajstić information content (AvgIpc) is 2.25. The van der Waals surface area contributed by atoms with E-state index in [9.17, 15) is 4.39 Å². The SMILES string of the molecule is COC(CSc1cccc(Br)c1F)OC. The molecule has 1 aromatic rings. The Labute approximate surface area is 101 Å². The predicted molar refractivity (Wildman–Crippen MR) is 62.6 cm³/mol. The highest BCUT2D eigenvalue weighted by atomic mass is 79.9. The Morgan fingerprint density at radius 2 is 2.07 bits per heavy atom. The fourth-order valence-electron chi connectivity index (χ4n) is 0.986. The van der Waals surface area contributed by atoms with Crippen LogP contribution in [0.3, 0.4) is 0 Å². The quantitative estimate of drug-likeness (QED) is 0.613. The van der Waals surface area contributed by atoms with Gasteiger partial charge in [0.25, 0.3) is 0 Å². The van der Waals surface area contributed by atoms with E-state index in [1.165, 1.54) is 11.8 Å². The third kappa shape index (κ3) is 3.75. The highest BCUT2D eigenvalue weighted by Gasteiger charge is 2.10. The summed E-state index contributed by atoms with van der Waals surface area (Å²) in [5.41, 5.74) is 0. The zero-order valence-corrected chi connectivity index (χ0v) is 10.9. The van der Waals surface area contributed by atoms with Gasteiger partial charge in [-0.25, -0.2) is 4.39 Å². The van der Waals surface area contributed by atoms with E-state index in [1.54, 1.807) is 32.4 Å². The largest absolute Gasteiger partial charge is 0.355 e. The Balaban J connectivity index is 2.61. The van der Waals surface area contributed by atoms with Gasteiger partial charge in [-0.3, -0.25) is 0 Å². The summed E-state index contributed by atoms with van der Waals surface area (Å²) in [7, 11) is 3.12. The summed E-state index contributed by atoms with van der Waals surface area (Å²) in [6, 6.07) is 5.20. The first-order valence-corrected chi connectivity index (χ1v) is 6.09. The lowest BCUT2D eigenvalue weighted by molar-refractivity contribution is -0.0842. The third-order valence-corrected chi connectivity index (χ3v) is 3.49. The minimum Gasteiger partial charge on any atom is -0.355 e. The number of thioether (sulfide) groups is 1. The smallest absolute Gasteiger partial charge is 0.166 e. The summed E-state index contributed by atoms with van der Waals surface area (Å²) in [4.78, 5) is 0.587. The summed E-state index contributed by atoms with van der Waals surface area (Å²) < 4.78 is 24.0. The van der Waals surface area contributed by atoms with Crippen molar-refractivity contribution in [2.24, 2.45) is 0 Å². The van der Waals surface area contributed by atoms with Crippen molar-refractivity contribution in [2.75, 3.05) is 20.0 Å². The van der Waals surface area contributed by atoms with Crippen molar-refractivity contribution in [1.29, 1.82) is 0 Å². The maximum absolute atomic E-state index is 13.5. The lowest BCUT2D eigenvalue weighted by Gasteiger charge is -2.12. The minimum atomic E-state index is -0.312. The number of halogens is 2. The van der Waals surface area contributed by atoms with Crippen LogP contribution >= 0.6 is 27.7 Å². The van der Waals surface area contributed by atoms with Crippen molar-refractivity contribution in [3.8, 4) is 0 Å². The van der Waals surface area contributed by atoms with Crippen molar-refractivity contribution >= 4 is 27.7 Å².